The van der Waals surface area contributed by atoms with Crippen LogP contribution in [-0.2, 0) is 6.42 Å². The second-order valence-electron chi connectivity index (χ2n) is 7.10. The van der Waals surface area contributed by atoms with Gasteiger partial charge in [-0.1, -0.05) is 66.7 Å². The standard InChI is InChI=1S/C23H28N2O/c1-4-11-21(17-16-19-12-7-5-8-13-19)25-22(18(2)24(3)23(25)26)20-14-9-6-10-15-20/h4-10,12-15,18,21-22H,1,11,16-17H2,2-3H3/t18-,21+,22-/m1/s1. The Labute approximate surface area is 156 Å². The van der Waals surface area contributed by atoms with Crippen LogP contribution in [0.1, 0.15) is 36.9 Å². The lowest BCUT2D eigenvalue weighted by atomic mass is 9.96. The first kappa shape index (κ1) is 18.2. The molecular weight excluding hydrogens is 320 g/mol. The zero-order valence-corrected chi connectivity index (χ0v) is 15.7. The Kier molecular flexibility index (Phi) is 5.77. The number of carbonyl (C=O) groups is 1. The van der Waals surface area contributed by atoms with E-state index >= 15 is 0 Å². The van der Waals surface area contributed by atoms with Gasteiger partial charge in [0.2, 0.25) is 0 Å². The molecule has 136 valence electrons. The molecule has 3 rings (SSSR count). The third-order valence-electron chi connectivity index (χ3n) is 5.47. The zero-order valence-electron chi connectivity index (χ0n) is 15.7. The quantitative estimate of drug-likeness (QED) is 0.642. The molecule has 3 heteroatoms. The number of hydrogen-bond acceptors (Lipinski definition) is 1. The van der Waals surface area contributed by atoms with Crippen LogP contribution in [0.4, 0.5) is 4.79 Å². The van der Waals surface area contributed by atoms with Crippen molar-refractivity contribution in [3.63, 3.8) is 0 Å². The van der Waals surface area contributed by atoms with Crippen molar-refractivity contribution in [3.8, 4) is 0 Å². The number of nitrogens with zero attached hydrogens (tertiary/aromatic N) is 2. The fourth-order valence-electron chi connectivity index (χ4n) is 3.93. The smallest absolute Gasteiger partial charge is 0.320 e. The molecular formula is C23H28N2O. The number of rotatable bonds is 7. The van der Waals surface area contributed by atoms with Gasteiger partial charge >= 0.3 is 6.03 Å². The predicted octanol–water partition coefficient (Wildman–Crippen LogP) is 5.06. The van der Waals surface area contributed by atoms with E-state index in [1.807, 2.05) is 30.2 Å². The van der Waals surface area contributed by atoms with Gasteiger partial charge in [0.25, 0.3) is 0 Å². The Hall–Kier alpha value is -2.55. The molecule has 2 aromatic rings. The highest BCUT2D eigenvalue weighted by Crippen LogP contribution is 2.37. The van der Waals surface area contributed by atoms with E-state index in [0.29, 0.717) is 0 Å². The van der Waals surface area contributed by atoms with Gasteiger partial charge in [-0.15, -0.1) is 6.58 Å². The number of urea groups is 1. The average Bonchev–Trinajstić information content (AvgIpc) is 2.90. The van der Waals surface area contributed by atoms with E-state index in [1.165, 1.54) is 11.1 Å². The van der Waals surface area contributed by atoms with E-state index in [0.717, 1.165) is 19.3 Å². The van der Waals surface area contributed by atoms with Crippen LogP contribution in [0, 0.1) is 0 Å². The van der Waals surface area contributed by atoms with Crippen LogP contribution >= 0.6 is 0 Å². The molecule has 0 unspecified atom stereocenters. The Balaban J connectivity index is 1.87. The second kappa shape index (κ2) is 8.22. The molecule has 1 aliphatic heterocycles. The van der Waals surface area contributed by atoms with Crippen LogP contribution in [0.25, 0.3) is 0 Å². The first-order chi connectivity index (χ1) is 12.6. The summed E-state index contributed by atoms with van der Waals surface area (Å²) in [6.45, 7) is 6.07. The number of amides is 2. The first-order valence-corrected chi connectivity index (χ1v) is 9.38. The van der Waals surface area contributed by atoms with E-state index in [2.05, 4.69) is 66.9 Å². The van der Waals surface area contributed by atoms with E-state index in [9.17, 15) is 4.79 Å². The average molecular weight is 348 g/mol. The summed E-state index contributed by atoms with van der Waals surface area (Å²) in [7, 11) is 1.91. The third-order valence-corrected chi connectivity index (χ3v) is 5.47. The molecule has 0 bridgehead atoms. The van der Waals surface area contributed by atoms with Crippen molar-refractivity contribution >= 4 is 6.03 Å². The Bertz CT molecular complexity index is 728. The molecule has 0 radical (unpaired) electrons. The Morgan fingerprint density at radius 2 is 1.69 bits per heavy atom. The van der Waals surface area contributed by atoms with Crippen LogP contribution in [0.2, 0.25) is 0 Å². The summed E-state index contributed by atoms with van der Waals surface area (Å²) < 4.78 is 0. The number of likely N-dealkylation sites (N-methyl/N-ethyl adjacent to an activating group) is 1. The molecule has 0 spiro atoms. The highest BCUT2D eigenvalue weighted by Gasteiger charge is 2.44. The SMILES string of the molecule is C=CC[C@@H](CCc1ccccc1)N1C(=O)N(C)[C@H](C)[C@@H]1c1ccccc1. The fourth-order valence-corrected chi connectivity index (χ4v) is 3.93. The summed E-state index contributed by atoms with van der Waals surface area (Å²) in [6, 6.07) is 21.4. The molecule has 2 aromatic carbocycles. The monoisotopic (exact) mass is 348 g/mol. The molecule has 3 atom stereocenters. The van der Waals surface area contributed by atoms with Crippen molar-refractivity contribution in [3.05, 3.63) is 84.4 Å². The van der Waals surface area contributed by atoms with Crippen molar-refractivity contribution in [1.82, 2.24) is 9.80 Å². The summed E-state index contributed by atoms with van der Waals surface area (Å²) in [6.07, 6.45) is 4.64. The first-order valence-electron chi connectivity index (χ1n) is 9.38. The molecule has 1 heterocycles. The van der Waals surface area contributed by atoms with Gasteiger partial charge in [-0.2, -0.15) is 0 Å². The lowest BCUT2D eigenvalue weighted by Gasteiger charge is -2.33. The lowest BCUT2D eigenvalue weighted by Crippen LogP contribution is -2.40. The van der Waals surface area contributed by atoms with Gasteiger partial charge in [-0.3, -0.25) is 0 Å². The minimum absolute atomic E-state index is 0.0782. The van der Waals surface area contributed by atoms with Crippen LogP contribution < -0.4 is 0 Å². The van der Waals surface area contributed by atoms with Gasteiger partial charge in [0.15, 0.2) is 0 Å². The third kappa shape index (κ3) is 3.67. The number of aryl methyl sites for hydroxylation is 1. The van der Waals surface area contributed by atoms with Gasteiger partial charge in [0, 0.05) is 13.1 Å². The van der Waals surface area contributed by atoms with E-state index in [4.69, 9.17) is 0 Å². The molecule has 2 amide bonds. The maximum atomic E-state index is 13.0. The van der Waals surface area contributed by atoms with Gasteiger partial charge < -0.3 is 9.80 Å². The Morgan fingerprint density at radius 3 is 2.31 bits per heavy atom. The van der Waals surface area contributed by atoms with Gasteiger partial charge in [0.1, 0.15) is 0 Å². The molecule has 3 nitrogen and oxygen atoms in total. The highest BCUT2D eigenvalue weighted by molar-refractivity contribution is 5.78. The number of benzene rings is 2. The van der Waals surface area contributed by atoms with Crippen molar-refractivity contribution in [1.29, 1.82) is 0 Å². The summed E-state index contributed by atoms with van der Waals surface area (Å²) in [5.41, 5.74) is 2.51. The maximum Gasteiger partial charge on any atom is 0.320 e. The normalized spacial score (nSPS) is 21.1. The fraction of sp³-hybridized carbons (Fsp3) is 0.348. The molecule has 0 aliphatic carbocycles. The molecule has 0 aromatic heterocycles. The van der Waals surface area contributed by atoms with Crippen molar-refractivity contribution in [2.45, 2.75) is 44.3 Å². The van der Waals surface area contributed by atoms with Crippen LogP contribution in [0.5, 0.6) is 0 Å². The van der Waals surface area contributed by atoms with E-state index in [-0.39, 0.29) is 24.2 Å². The van der Waals surface area contributed by atoms with Crippen molar-refractivity contribution in [2.75, 3.05) is 7.05 Å². The van der Waals surface area contributed by atoms with Crippen LogP contribution in [-0.4, -0.2) is 35.0 Å². The summed E-state index contributed by atoms with van der Waals surface area (Å²) in [5.74, 6) is 0. The lowest BCUT2D eigenvalue weighted by molar-refractivity contribution is 0.163. The molecule has 0 saturated carbocycles. The van der Waals surface area contributed by atoms with Crippen molar-refractivity contribution in [2.24, 2.45) is 0 Å². The summed E-state index contributed by atoms with van der Waals surface area (Å²) in [5, 5.41) is 0. The van der Waals surface area contributed by atoms with Gasteiger partial charge in [-0.25, -0.2) is 4.79 Å². The maximum absolute atomic E-state index is 13.0. The number of carbonyl (C=O) groups excluding carboxylic acids is 1. The van der Waals surface area contributed by atoms with E-state index < -0.39 is 0 Å². The highest BCUT2D eigenvalue weighted by atomic mass is 16.2. The second-order valence-corrected chi connectivity index (χ2v) is 7.10. The molecule has 1 aliphatic rings. The van der Waals surface area contributed by atoms with Crippen LogP contribution in [0.15, 0.2) is 73.3 Å². The van der Waals surface area contributed by atoms with Crippen LogP contribution in [0.3, 0.4) is 0 Å². The van der Waals surface area contributed by atoms with Gasteiger partial charge in [0.05, 0.1) is 12.1 Å². The Morgan fingerprint density at radius 1 is 1.08 bits per heavy atom. The zero-order chi connectivity index (χ0) is 18.5. The number of hydrogen-bond donors (Lipinski definition) is 0. The van der Waals surface area contributed by atoms with E-state index in [1.54, 1.807) is 0 Å². The predicted molar refractivity (Wildman–Crippen MR) is 107 cm³/mol. The topological polar surface area (TPSA) is 23.6 Å². The summed E-state index contributed by atoms with van der Waals surface area (Å²) >= 11 is 0. The van der Waals surface area contributed by atoms with Crippen molar-refractivity contribution < 1.29 is 4.79 Å². The molecule has 26 heavy (non-hydrogen) atoms. The van der Waals surface area contributed by atoms with Gasteiger partial charge in [-0.05, 0) is 37.3 Å². The largest absolute Gasteiger partial charge is 0.323 e. The minimum Gasteiger partial charge on any atom is -0.323 e. The minimum atomic E-state index is 0.0782. The molecule has 1 saturated heterocycles. The molecule has 1 fully saturated rings. The summed E-state index contributed by atoms with van der Waals surface area (Å²) in [4.78, 5) is 17.0. The molecule has 0 N–H and O–H groups in total.